The number of carbonyl (C=O) groups excluding carboxylic acids is 1. The minimum atomic E-state index is -0.651. The van der Waals surface area contributed by atoms with Gasteiger partial charge in [0.25, 0.3) is 5.91 Å². The molecular formula is C19H17N3O2. The summed E-state index contributed by atoms with van der Waals surface area (Å²) in [7, 11) is 1.69. The summed E-state index contributed by atoms with van der Waals surface area (Å²) in [6.45, 7) is 2.08. The van der Waals surface area contributed by atoms with Gasteiger partial charge < -0.3 is 9.64 Å². The molecule has 0 saturated carbocycles. The lowest BCUT2D eigenvalue weighted by molar-refractivity contribution is -0.137. The van der Waals surface area contributed by atoms with Gasteiger partial charge in [0.15, 0.2) is 6.10 Å². The van der Waals surface area contributed by atoms with E-state index in [1.807, 2.05) is 12.1 Å². The molecule has 24 heavy (non-hydrogen) atoms. The van der Waals surface area contributed by atoms with E-state index in [4.69, 9.17) is 15.3 Å². The third kappa shape index (κ3) is 4.34. The fourth-order valence-corrected chi connectivity index (χ4v) is 2.26. The van der Waals surface area contributed by atoms with Gasteiger partial charge in [-0.15, -0.1) is 0 Å². The number of hydrogen-bond acceptors (Lipinski definition) is 4. The summed E-state index contributed by atoms with van der Waals surface area (Å²) >= 11 is 0. The average molecular weight is 319 g/mol. The zero-order chi connectivity index (χ0) is 17.5. The van der Waals surface area contributed by atoms with Crippen molar-refractivity contribution < 1.29 is 9.53 Å². The molecule has 1 unspecified atom stereocenters. The van der Waals surface area contributed by atoms with Gasteiger partial charge in [0.1, 0.15) is 5.75 Å². The van der Waals surface area contributed by atoms with Crippen LogP contribution in [0.15, 0.2) is 48.5 Å². The van der Waals surface area contributed by atoms with Crippen molar-refractivity contribution in [2.24, 2.45) is 0 Å². The SMILES string of the molecule is CC(Oc1ccc(C#N)cc1)C(=O)N(C)Cc1cccc(C#N)c1. The first-order valence-electron chi connectivity index (χ1n) is 7.44. The first kappa shape index (κ1) is 17.1. The van der Waals surface area contributed by atoms with Gasteiger partial charge in [0.2, 0.25) is 0 Å². The van der Waals surface area contributed by atoms with E-state index in [1.54, 1.807) is 61.3 Å². The molecule has 0 aromatic heterocycles. The Hall–Kier alpha value is -3.31. The Labute approximate surface area is 141 Å². The second kappa shape index (κ2) is 7.80. The van der Waals surface area contributed by atoms with Crippen LogP contribution in [0.1, 0.15) is 23.6 Å². The standard InChI is InChI=1S/C19H17N3O2/c1-14(24-18-8-6-15(11-20)7-9-18)19(23)22(2)13-17-5-3-4-16(10-17)12-21/h3-10,14H,13H2,1-2H3. The number of amides is 1. The van der Waals surface area contributed by atoms with Gasteiger partial charge in [-0.2, -0.15) is 10.5 Å². The van der Waals surface area contributed by atoms with Crippen molar-refractivity contribution in [1.29, 1.82) is 10.5 Å². The van der Waals surface area contributed by atoms with Gasteiger partial charge in [0, 0.05) is 13.6 Å². The molecule has 0 aliphatic heterocycles. The van der Waals surface area contributed by atoms with Crippen molar-refractivity contribution in [3.8, 4) is 17.9 Å². The molecular weight excluding hydrogens is 302 g/mol. The van der Waals surface area contributed by atoms with E-state index in [0.717, 1.165) is 5.56 Å². The maximum absolute atomic E-state index is 12.4. The largest absolute Gasteiger partial charge is 0.481 e. The highest BCUT2D eigenvalue weighted by Crippen LogP contribution is 2.15. The lowest BCUT2D eigenvalue weighted by Crippen LogP contribution is -2.37. The zero-order valence-corrected chi connectivity index (χ0v) is 13.6. The van der Waals surface area contributed by atoms with E-state index in [0.29, 0.717) is 23.4 Å². The van der Waals surface area contributed by atoms with Crippen LogP contribution in [0.25, 0.3) is 0 Å². The zero-order valence-electron chi connectivity index (χ0n) is 13.6. The van der Waals surface area contributed by atoms with Crippen LogP contribution >= 0.6 is 0 Å². The molecule has 0 heterocycles. The van der Waals surface area contributed by atoms with Crippen molar-refractivity contribution in [3.05, 3.63) is 65.2 Å². The Bertz CT molecular complexity index is 801. The van der Waals surface area contributed by atoms with Gasteiger partial charge in [-0.25, -0.2) is 0 Å². The van der Waals surface area contributed by atoms with Crippen molar-refractivity contribution in [2.45, 2.75) is 19.6 Å². The molecule has 0 radical (unpaired) electrons. The van der Waals surface area contributed by atoms with E-state index >= 15 is 0 Å². The van der Waals surface area contributed by atoms with Crippen LogP contribution in [-0.4, -0.2) is 24.0 Å². The number of nitriles is 2. The Balaban J connectivity index is 1.98. The molecule has 0 spiro atoms. The highest BCUT2D eigenvalue weighted by atomic mass is 16.5. The van der Waals surface area contributed by atoms with Gasteiger partial charge in [-0.1, -0.05) is 12.1 Å². The van der Waals surface area contributed by atoms with E-state index in [-0.39, 0.29) is 5.91 Å². The molecule has 2 aromatic rings. The molecule has 0 fully saturated rings. The predicted octanol–water partition coefficient (Wildman–Crippen LogP) is 2.86. The monoisotopic (exact) mass is 319 g/mol. The number of ether oxygens (including phenoxy) is 1. The fourth-order valence-electron chi connectivity index (χ4n) is 2.26. The number of rotatable bonds is 5. The predicted molar refractivity (Wildman–Crippen MR) is 88.9 cm³/mol. The molecule has 0 saturated heterocycles. The second-order valence-corrected chi connectivity index (χ2v) is 5.40. The minimum Gasteiger partial charge on any atom is -0.481 e. The van der Waals surface area contributed by atoms with E-state index in [2.05, 4.69) is 6.07 Å². The molecule has 0 aliphatic carbocycles. The van der Waals surface area contributed by atoms with Crippen molar-refractivity contribution >= 4 is 5.91 Å². The Morgan fingerprint density at radius 2 is 1.79 bits per heavy atom. The Morgan fingerprint density at radius 1 is 1.12 bits per heavy atom. The summed E-state index contributed by atoms with van der Waals surface area (Å²) in [5, 5.41) is 17.7. The highest BCUT2D eigenvalue weighted by molar-refractivity contribution is 5.80. The van der Waals surface area contributed by atoms with Crippen LogP contribution < -0.4 is 4.74 Å². The average Bonchev–Trinajstić information content (AvgIpc) is 2.61. The molecule has 1 amide bonds. The van der Waals surface area contributed by atoms with Gasteiger partial charge >= 0.3 is 0 Å². The third-order valence-electron chi connectivity index (χ3n) is 3.50. The quantitative estimate of drug-likeness (QED) is 0.849. The van der Waals surface area contributed by atoms with E-state index < -0.39 is 6.10 Å². The molecule has 2 rings (SSSR count). The number of carbonyl (C=O) groups is 1. The molecule has 5 heteroatoms. The third-order valence-corrected chi connectivity index (χ3v) is 3.50. The van der Waals surface area contributed by atoms with Crippen LogP contribution in [0.2, 0.25) is 0 Å². The second-order valence-electron chi connectivity index (χ2n) is 5.40. The minimum absolute atomic E-state index is 0.165. The van der Waals surface area contributed by atoms with Crippen molar-refractivity contribution in [3.63, 3.8) is 0 Å². The normalized spacial score (nSPS) is 11.0. The summed E-state index contributed by atoms with van der Waals surface area (Å²) in [6, 6.07) is 17.9. The topological polar surface area (TPSA) is 77.1 Å². The van der Waals surface area contributed by atoms with E-state index in [1.165, 1.54) is 0 Å². The fraction of sp³-hybridized carbons (Fsp3) is 0.211. The van der Waals surface area contributed by atoms with Crippen LogP contribution in [0.3, 0.4) is 0 Å². The maximum Gasteiger partial charge on any atom is 0.263 e. The maximum atomic E-state index is 12.4. The van der Waals surface area contributed by atoms with Crippen molar-refractivity contribution in [1.82, 2.24) is 4.90 Å². The summed E-state index contributed by atoms with van der Waals surface area (Å²) in [4.78, 5) is 14.0. The lowest BCUT2D eigenvalue weighted by Gasteiger charge is -2.22. The Kier molecular flexibility index (Phi) is 5.54. The first-order valence-corrected chi connectivity index (χ1v) is 7.44. The highest BCUT2D eigenvalue weighted by Gasteiger charge is 2.19. The Morgan fingerprint density at radius 3 is 2.42 bits per heavy atom. The molecule has 1 atom stereocenters. The molecule has 2 aromatic carbocycles. The van der Waals surface area contributed by atoms with Crippen molar-refractivity contribution in [2.75, 3.05) is 7.05 Å². The molecule has 120 valence electrons. The van der Waals surface area contributed by atoms with Crippen LogP contribution in [0, 0.1) is 22.7 Å². The van der Waals surface area contributed by atoms with E-state index in [9.17, 15) is 4.79 Å². The van der Waals surface area contributed by atoms with Gasteiger partial charge in [0.05, 0.1) is 23.3 Å². The van der Waals surface area contributed by atoms with Crippen LogP contribution in [0.5, 0.6) is 5.75 Å². The number of hydrogen-bond donors (Lipinski definition) is 0. The summed E-state index contributed by atoms with van der Waals surface area (Å²) in [6.07, 6.45) is -0.651. The number of likely N-dealkylation sites (N-methyl/N-ethyl adjacent to an activating group) is 1. The molecule has 0 aliphatic rings. The van der Waals surface area contributed by atoms with Gasteiger partial charge in [-0.3, -0.25) is 4.79 Å². The first-order chi connectivity index (χ1) is 11.5. The molecule has 0 N–H and O–H groups in total. The number of nitrogens with zero attached hydrogens (tertiary/aromatic N) is 3. The van der Waals surface area contributed by atoms with Gasteiger partial charge in [-0.05, 0) is 48.9 Å². The lowest BCUT2D eigenvalue weighted by atomic mass is 10.1. The summed E-state index contributed by atoms with van der Waals surface area (Å²) in [5.74, 6) is 0.372. The smallest absolute Gasteiger partial charge is 0.263 e. The number of benzene rings is 2. The van der Waals surface area contributed by atoms with Crippen LogP contribution in [-0.2, 0) is 11.3 Å². The molecule has 0 bridgehead atoms. The summed E-state index contributed by atoms with van der Waals surface area (Å²) in [5.41, 5.74) is 1.99. The van der Waals surface area contributed by atoms with Crippen LogP contribution in [0.4, 0.5) is 0 Å². The summed E-state index contributed by atoms with van der Waals surface area (Å²) < 4.78 is 5.63. The molecule has 5 nitrogen and oxygen atoms in total.